The van der Waals surface area contributed by atoms with Crippen LogP contribution in [0.15, 0.2) is 23.0 Å². The average molecular weight is 298 g/mol. The van der Waals surface area contributed by atoms with Crippen molar-refractivity contribution < 1.29 is 0 Å². The zero-order valence-corrected chi connectivity index (χ0v) is 13.9. The van der Waals surface area contributed by atoms with E-state index in [2.05, 4.69) is 35.9 Å². The van der Waals surface area contributed by atoms with Crippen LogP contribution in [0.5, 0.6) is 0 Å². The maximum Gasteiger partial charge on any atom is 0.194 e. The Morgan fingerprint density at radius 2 is 2.00 bits per heavy atom. The maximum atomic E-state index is 12.9. The zero-order valence-electron chi connectivity index (χ0n) is 13.9. The van der Waals surface area contributed by atoms with Gasteiger partial charge in [-0.15, -0.1) is 0 Å². The van der Waals surface area contributed by atoms with Crippen LogP contribution in [0.4, 0.5) is 0 Å². The summed E-state index contributed by atoms with van der Waals surface area (Å²) in [5.74, 6) is 0.819. The van der Waals surface area contributed by atoms with Crippen LogP contribution in [0, 0.1) is 12.8 Å². The van der Waals surface area contributed by atoms with Crippen molar-refractivity contribution >= 4 is 10.9 Å². The van der Waals surface area contributed by atoms with Gasteiger partial charge in [0.05, 0.1) is 0 Å². The Kier molecular flexibility index (Phi) is 4.34. The van der Waals surface area contributed by atoms with Gasteiger partial charge in [0.1, 0.15) is 0 Å². The van der Waals surface area contributed by atoms with E-state index in [9.17, 15) is 4.79 Å². The molecule has 0 amide bonds. The number of aromatic nitrogens is 1. The summed E-state index contributed by atoms with van der Waals surface area (Å²) in [6, 6.07) is 6.19. The molecule has 1 aliphatic rings. The van der Waals surface area contributed by atoms with Crippen molar-refractivity contribution in [1.29, 1.82) is 0 Å². The number of aryl methyl sites for hydroxylation is 2. The molecule has 0 aliphatic carbocycles. The van der Waals surface area contributed by atoms with Crippen molar-refractivity contribution in [2.45, 2.75) is 46.6 Å². The van der Waals surface area contributed by atoms with E-state index in [-0.39, 0.29) is 5.43 Å². The summed E-state index contributed by atoms with van der Waals surface area (Å²) in [6.45, 7) is 9.45. The lowest BCUT2D eigenvalue weighted by molar-refractivity contribution is 0.184. The quantitative estimate of drug-likeness (QED) is 0.939. The van der Waals surface area contributed by atoms with Crippen LogP contribution in [-0.2, 0) is 13.0 Å². The largest absolute Gasteiger partial charge is 0.358 e. The molecule has 0 spiro atoms. The predicted octanol–water partition coefficient (Wildman–Crippen LogP) is 3.63. The van der Waals surface area contributed by atoms with Gasteiger partial charge in [-0.3, -0.25) is 9.69 Å². The van der Waals surface area contributed by atoms with Gasteiger partial charge in [0.15, 0.2) is 5.43 Å². The molecule has 3 heteroatoms. The summed E-state index contributed by atoms with van der Waals surface area (Å²) >= 11 is 0. The van der Waals surface area contributed by atoms with Crippen LogP contribution < -0.4 is 5.43 Å². The molecule has 1 aromatic heterocycles. The van der Waals surface area contributed by atoms with E-state index in [1.165, 1.54) is 18.4 Å². The Morgan fingerprint density at radius 1 is 1.27 bits per heavy atom. The highest BCUT2D eigenvalue weighted by molar-refractivity contribution is 5.80. The maximum absolute atomic E-state index is 12.9. The number of pyridine rings is 1. The highest BCUT2D eigenvalue weighted by Crippen LogP contribution is 2.19. The number of rotatable bonds is 3. The first-order valence-corrected chi connectivity index (χ1v) is 8.45. The number of hydrogen-bond donors (Lipinski definition) is 1. The fourth-order valence-electron chi connectivity index (χ4n) is 3.35. The molecule has 0 unspecified atom stereocenters. The second-order valence-electron chi connectivity index (χ2n) is 6.75. The zero-order chi connectivity index (χ0) is 15.7. The lowest BCUT2D eigenvalue weighted by Gasteiger charge is -2.30. The molecule has 0 saturated carbocycles. The molecule has 22 heavy (non-hydrogen) atoms. The minimum absolute atomic E-state index is 0.208. The smallest absolute Gasteiger partial charge is 0.194 e. The summed E-state index contributed by atoms with van der Waals surface area (Å²) in [5.41, 5.74) is 4.34. The van der Waals surface area contributed by atoms with Crippen LogP contribution in [0.2, 0.25) is 0 Å². The number of benzene rings is 1. The monoisotopic (exact) mass is 298 g/mol. The first-order valence-electron chi connectivity index (χ1n) is 8.45. The number of nitrogens with zero attached hydrogens (tertiary/aromatic N) is 1. The van der Waals surface area contributed by atoms with Crippen LogP contribution >= 0.6 is 0 Å². The van der Waals surface area contributed by atoms with Crippen LogP contribution in [0.3, 0.4) is 0 Å². The van der Waals surface area contributed by atoms with E-state index in [0.29, 0.717) is 0 Å². The lowest BCUT2D eigenvalue weighted by atomic mass is 9.98. The van der Waals surface area contributed by atoms with Gasteiger partial charge < -0.3 is 4.98 Å². The Morgan fingerprint density at radius 3 is 2.68 bits per heavy atom. The van der Waals surface area contributed by atoms with Crippen molar-refractivity contribution in [3.8, 4) is 0 Å². The van der Waals surface area contributed by atoms with Crippen LogP contribution in [0.1, 0.15) is 43.5 Å². The predicted molar refractivity (Wildman–Crippen MR) is 92.4 cm³/mol. The van der Waals surface area contributed by atoms with E-state index in [0.717, 1.165) is 54.1 Å². The molecule has 3 nitrogen and oxygen atoms in total. The van der Waals surface area contributed by atoms with Crippen molar-refractivity contribution in [1.82, 2.24) is 9.88 Å². The summed E-state index contributed by atoms with van der Waals surface area (Å²) in [4.78, 5) is 18.8. The molecule has 0 bridgehead atoms. The van der Waals surface area contributed by atoms with Gasteiger partial charge in [0.25, 0.3) is 0 Å². The van der Waals surface area contributed by atoms with Gasteiger partial charge in [-0.2, -0.15) is 0 Å². The number of nitrogens with one attached hydrogen (secondary N) is 1. The van der Waals surface area contributed by atoms with E-state index < -0.39 is 0 Å². The molecule has 1 fully saturated rings. The van der Waals surface area contributed by atoms with Gasteiger partial charge in [-0.25, -0.2) is 0 Å². The standard InChI is InChI=1S/C19H26N2O/c1-4-15-5-6-18-16(11-15)19(22)17(14(3)20-18)12-21-9-7-13(2)8-10-21/h5-6,11,13H,4,7-10,12H2,1-3H3,(H,20,22). The highest BCUT2D eigenvalue weighted by Gasteiger charge is 2.18. The molecule has 2 heterocycles. The number of hydrogen-bond acceptors (Lipinski definition) is 2. The van der Waals surface area contributed by atoms with Crippen molar-refractivity contribution in [2.75, 3.05) is 13.1 Å². The third-order valence-corrected chi connectivity index (χ3v) is 5.04. The Bertz CT molecular complexity index is 724. The number of piperidine rings is 1. The number of fused-ring (bicyclic) bond motifs is 1. The van der Waals surface area contributed by atoms with Gasteiger partial charge >= 0.3 is 0 Å². The van der Waals surface area contributed by atoms with E-state index in [1.54, 1.807) is 0 Å². The molecule has 1 saturated heterocycles. The number of likely N-dealkylation sites (tertiary alicyclic amines) is 1. The number of H-pyrrole nitrogens is 1. The van der Waals surface area contributed by atoms with Gasteiger partial charge in [-0.1, -0.05) is 19.9 Å². The SMILES string of the molecule is CCc1ccc2[nH]c(C)c(CN3CCC(C)CC3)c(=O)c2c1. The van der Waals surface area contributed by atoms with Gasteiger partial charge in [0, 0.05) is 28.7 Å². The first kappa shape index (κ1) is 15.3. The summed E-state index contributed by atoms with van der Waals surface area (Å²) in [6.07, 6.45) is 3.44. The molecule has 0 atom stereocenters. The van der Waals surface area contributed by atoms with Crippen LogP contribution in [-0.4, -0.2) is 23.0 Å². The molecule has 1 aromatic carbocycles. The van der Waals surface area contributed by atoms with Gasteiger partial charge in [0.2, 0.25) is 0 Å². The summed E-state index contributed by atoms with van der Waals surface area (Å²) in [5, 5.41) is 0.838. The highest BCUT2D eigenvalue weighted by atomic mass is 16.1. The van der Waals surface area contributed by atoms with Crippen molar-refractivity contribution in [3.05, 3.63) is 45.2 Å². The molecule has 3 rings (SSSR count). The lowest BCUT2D eigenvalue weighted by Crippen LogP contribution is -2.34. The normalized spacial score (nSPS) is 17.2. The molecule has 118 valence electrons. The summed E-state index contributed by atoms with van der Waals surface area (Å²) < 4.78 is 0. The summed E-state index contributed by atoms with van der Waals surface area (Å²) in [7, 11) is 0. The first-order chi connectivity index (χ1) is 10.6. The van der Waals surface area contributed by atoms with E-state index >= 15 is 0 Å². The van der Waals surface area contributed by atoms with Crippen LogP contribution in [0.25, 0.3) is 10.9 Å². The average Bonchev–Trinajstić information content (AvgIpc) is 2.53. The third kappa shape index (κ3) is 2.95. The molecule has 1 aliphatic heterocycles. The van der Waals surface area contributed by atoms with Gasteiger partial charge in [-0.05, 0) is 62.9 Å². The molecule has 1 N–H and O–H groups in total. The topological polar surface area (TPSA) is 36.1 Å². The van der Waals surface area contributed by atoms with Crippen molar-refractivity contribution in [3.63, 3.8) is 0 Å². The fraction of sp³-hybridized carbons (Fsp3) is 0.526. The third-order valence-electron chi connectivity index (χ3n) is 5.04. The van der Waals surface area contributed by atoms with E-state index in [1.807, 2.05) is 13.0 Å². The minimum atomic E-state index is 0.208. The molecular weight excluding hydrogens is 272 g/mol. The number of aromatic amines is 1. The van der Waals surface area contributed by atoms with Crippen molar-refractivity contribution in [2.24, 2.45) is 5.92 Å². The molecular formula is C19H26N2O. The second-order valence-corrected chi connectivity index (χ2v) is 6.75. The Balaban J connectivity index is 1.96. The Hall–Kier alpha value is -1.61. The molecule has 2 aromatic rings. The second kappa shape index (κ2) is 6.25. The minimum Gasteiger partial charge on any atom is -0.358 e. The Labute approximate surface area is 132 Å². The van der Waals surface area contributed by atoms with E-state index in [4.69, 9.17) is 0 Å². The fourth-order valence-corrected chi connectivity index (χ4v) is 3.35. The molecule has 0 radical (unpaired) electrons.